The van der Waals surface area contributed by atoms with Crippen LogP contribution in [0, 0.1) is 11.8 Å². The minimum atomic E-state index is -0.556. The Morgan fingerprint density at radius 1 is 0.241 bits per heavy atom. The molecular weight excluding hydrogens is 1950 g/mol. The SMILES string of the molecule is Oc1c(C=Nc2ccccc2)cc(-c2ccccc2)cc1-c1cccc2cc3ccccc3cc12.Oc1c(C=Nc2ccccc2)cc(-c2ccccc2)cc1C1CC2CCC1C2.Oc1c(C=Nc2ccccc2)cc(-c2ccccc2)cc1C1CCCCCC1.Oc1c(C=Nc2ccccc2)cc(-c2ccccc2)cc1C1CCCCCCCC1.[Cl][Ti][Cl].[Cl][Ti][Cl].[Cl][Ti][Cl].[Cl][Ti][Cl]. The summed E-state index contributed by atoms with van der Waals surface area (Å²) in [5, 5.41) is 49.6. The molecule has 4 aliphatic rings. The Morgan fingerprint density at radius 2 is 0.526 bits per heavy atom. The van der Waals surface area contributed by atoms with Gasteiger partial charge in [0, 0.05) is 52.7 Å². The van der Waals surface area contributed by atoms with Crippen LogP contribution in [0.5, 0.6) is 23.0 Å². The van der Waals surface area contributed by atoms with E-state index in [9.17, 15) is 20.4 Å². The van der Waals surface area contributed by atoms with Gasteiger partial charge in [0.2, 0.25) is 0 Å². The third-order valence-corrected chi connectivity index (χ3v) is 24.8. The second kappa shape index (κ2) is 57.2. The van der Waals surface area contributed by atoms with Gasteiger partial charge in [-0.3, -0.25) is 20.0 Å². The number of benzene rings is 15. The number of rotatable bonds is 16. The summed E-state index contributed by atoms with van der Waals surface area (Å²) >= 11 is -2.22. The number of aliphatic imine (C=N–C) groups is 4. The van der Waals surface area contributed by atoms with Gasteiger partial charge in [-0.15, -0.1) is 0 Å². The molecule has 4 fully saturated rings. The predicted molar refractivity (Wildman–Crippen MR) is 555 cm³/mol. The third kappa shape index (κ3) is 31.5. The summed E-state index contributed by atoms with van der Waals surface area (Å²) in [5.74, 6) is 4.32. The van der Waals surface area contributed by atoms with Gasteiger partial charge in [-0.05, 0) is 272 Å². The van der Waals surface area contributed by atoms with Crippen molar-refractivity contribution in [1.82, 2.24) is 0 Å². The van der Waals surface area contributed by atoms with E-state index in [1.54, 1.807) is 12.4 Å². The van der Waals surface area contributed by atoms with E-state index in [1.807, 2.05) is 176 Å². The molecule has 4 saturated carbocycles. The second-order valence-electron chi connectivity index (χ2n) is 33.2. The van der Waals surface area contributed by atoms with Gasteiger partial charge >= 0.3 is 143 Å². The monoisotopic (exact) mass is 2050 g/mol. The number of nitrogens with zero attached hydrogens (tertiary/aromatic N) is 4. The molecule has 133 heavy (non-hydrogen) atoms. The van der Waals surface area contributed by atoms with Crippen LogP contribution in [0.2, 0.25) is 0 Å². The van der Waals surface area contributed by atoms with Crippen molar-refractivity contribution in [3.05, 3.63) is 385 Å². The molecule has 20 heteroatoms. The molecule has 15 aromatic rings. The Bertz CT molecular complexity index is 6160. The molecule has 19 rings (SSSR count). The Kier molecular flexibility index (Phi) is 44.6. The molecule has 0 spiro atoms. The van der Waals surface area contributed by atoms with Crippen molar-refractivity contribution in [2.75, 3.05) is 0 Å². The average Bonchev–Trinajstić information content (AvgIpc) is 1.45. The van der Waals surface area contributed by atoms with Crippen LogP contribution in [0.1, 0.15) is 172 Å². The summed E-state index contributed by atoms with van der Waals surface area (Å²) in [7, 11) is 39.1. The van der Waals surface area contributed by atoms with Crippen LogP contribution < -0.4 is 0 Å². The van der Waals surface area contributed by atoms with Gasteiger partial charge in [0.15, 0.2) is 0 Å². The van der Waals surface area contributed by atoms with Crippen molar-refractivity contribution in [1.29, 1.82) is 0 Å². The number of halogens is 8. The summed E-state index contributed by atoms with van der Waals surface area (Å²) in [6.45, 7) is 0. The Balaban J connectivity index is 0.000000154. The first-order chi connectivity index (χ1) is 65.3. The molecule has 0 aromatic heterocycles. The molecule has 0 aliphatic heterocycles. The van der Waals surface area contributed by atoms with Gasteiger partial charge in [-0.2, -0.15) is 0 Å². The number of hydrogen-bond acceptors (Lipinski definition) is 8. The van der Waals surface area contributed by atoms with Crippen molar-refractivity contribution in [2.24, 2.45) is 31.8 Å². The average molecular weight is 2060 g/mol. The molecule has 8 nitrogen and oxygen atoms in total. The summed E-state index contributed by atoms with van der Waals surface area (Å²) in [4.78, 5) is 18.4. The van der Waals surface area contributed by atoms with Gasteiger partial charge in [-0.1, -0.05) is 307 Å². The fourth-order valence-corrected chi connectivity index (χ4v) is 18.4. The van der Waals surface area contributed by atoms with Crippen molar-refractivity contribution < 1.29 is 88.6 Å². The fraction of sp³-hybridized carbons (Fsp3) is 0.204. The quantitative estimate of drug-likeness (QED) is 0.0332. The number of phenolic OH excluding ortho intramolecular Hbond substituents is 4. The van der Waals surface area contributed by atoms with Crippen molar-refractivity contribution in [3.8, 4) is 78.6 Å². The molecule has 674 valence electrons. The number of phenols is 4. The van der Waals surface area contributed by atoms with E-state index in [0.29, 0.717) is 40.6 Å². The third-order valence-electron chi connectivity index (χ3n) is 24.8. The molecule has 3 atom stereocenters. The number of fused-ring (bicyclic) bond motifs is 4. The zero-order chi connectivity index (χ0) is 93.1. The minimum absolute atomic E-state index is 0.227. The molecule has 15 aromatic carbocycles. The van der Waals surface area contributed by atoms with Crippen LogP contribution in [0.3, 0.4) is 0 Å². The second-order valence-corrected chi connectivity index (χ2v) is 43.5. The van der Waals surface area contributed by atoms with Crippen LogP contribution >= 0.6 is 74.4 Å². The molecule has 4 aliphatic carbocycles. The van der Waals surface area contributed by atoms with E-state index < -0.39 is 68.1 Å². The molecule has 0 saturated heterocycles. The summed E-state index contributed by atoms with van der Waals surface area (Å²) in [6.07, 6.45) is 29.9. The number of aromatic hydroxyl groups is 4. The summed E-state index contributed by atoms with van der Waals surface area (Å²) in [5.41, 5.74) is 20.8. The summed E-state index contributed by atoms with van der Waals surface area (Å²) < 4.78 is 0. The topological polar surface area (TPSA) is 130 Å². The first-order valence-electron chi connectivity index (χ1n) is 45.2. The number of para-hydroxylation sites is 4. The Hall–Kier alpha value is -8.12. The van der Waals surface area contributed by atoms with E-state index in [-0.39, 0.29) is 5.75 Å². The molecular formula is C113H106Cl8N4O4Ti4. The maximum absolute atomic E-state index is 11.5. The van der Waals surface area contributed by atoms with Gasteiger partial charge < -0.3 is 20.4 Å². The van der Waals surface area contributed by atoms with E-state index >= 15 is 0 Å². The molecule has 3 unspecified atom stereocenters. The first kappa shape index (κ1) is 104. The van der Waals surface area contributed by atoms with E-state index in [1.165, 1.54) is 117 Å². The Labute approximate surface area is 851 Å². The van der Waals surface area contributed by atoms with Gasteiger partial charge in [0.25, 0.3) is 0 Å². The van der Waals surface area contributed by atoms with Crippen LogP contribution in [0.25, 0.3) is 77.2 Å². The van der Waals surface area contributed by atoms with Crippen LogP contribution in [0.4, 0.5) is 22.7 Å². The molecule has 0 radical (unpaired) electrons. The van der Waals surface area contributed by atoms with Crippen molar-refractivity contribution >= 4 is 144 Å². The maximum atomic E-state index is 11.5. The molecule has 2 bridgehead atoms. The molecule has 4 N–H and O–H groups in total. The predicted octanol–water partition coefficient (Wildman–Crippen LogP) is 36.3. The van der Waals surface area contributed by atoms with Crippen molar-refractivity contribution in [3.63, 3.8) is 0 Å². The standard InChI is InChI=1S/C33H23NO.C28H31NO.C26H25NO.C26H27NO.8ClH.4Ti/c35-33-28(22-34-29-15-5-2-6-16-29)19-27(23-10-3-1-4-11-23)21-32(33)30-17-9-14-26-18-24-12-7-8-13-25(24)20-31(26)30;30-28-25(21-29-26-17-11-6-12-18-26)19-24(22-13-9-5-10-14-22)20-27(28)23-15-7-3-1-2-4-8-16-23;28-26-22(17-27-23-9-5-2-6-10-23)15-21(19-7-3-1-4-8-19)16-25(26)24-14-18-11-12-20(24)13-18;28-26-23(19-27-24-15-9-4-10-16-24)17-22(20-11-7-3-8-12-20)18-25(26)21-13-5-1-2-6-14-21;;;;;;;;;;;;/h1-22,35H;5-6,9-14,17-21,23,30H,1-4,7-8,15-16H2;1-10,15-18,20,24,28H,11-14H2;3-4,7-12,15-19,21,28H,1-2,5-6,13-14H2;8*1H;;;;/q;;;;;;;;;;;;4*+2/p-8. The van der Waals surface area contributed by atoms with Crippen LogP contribution in [0.15, 0.2) is 366 Å². The summed E-state index contributed by atoms with van der Waals surface area (Å²) in [6, 6.07) is 117. The fourth-order valence-electron chi connectivity index (χ4n) is 18.4. The molecule has 0 amide bonds. The van der Waals surface area contributed by atoms with Gasteiger partial charge in [0.05, 0.1) is 22.7 Å². The zero-order valence-corrected chi connectivity index (χ0v) is 86.2. The Morgan fingerprint density at radius 3 is 0.857 bits per heavy atom. The van der Waals surface area contributed by atoms with E-state index in [4.69, 9.17) is 74.4 Å². The van der Waals surface area contributed by atoms with Crippen LogP contribution in [-0.2, 0) is 68.1 Å². The van der Waals surface area contributed by atoms with E-state index in [2.05, 4.69) is 202 Å². The molecule has 0 heterocycles. The van der Waals surface area contributed by atoms with Crippen molar-refractivity contribution in [2.45, 2.75) is 133 Å². The van der Waals surface area contributed by atoms with Gasteiger partial charge in [0.1, 0.15) is 23.0 Å². The zero-order valence-electron chi connectivity index (χ0n) is 73.9. The van der Waals surface area contributed by atoms with Gasteiger partial charge in [-0.25, -0.2) is 0 Å². The van der Waals surface area contributed by atoms with Crippen LogP contribution in [-0.4, -0.2) is 45.3 Å². The normalized spacial score (nSPS) is 15.3. The first-order valence-corrected chi connectivity index (χ1v) is 62.3. The number of hydrogen-bond donors (Lipinski definition) is 4. The van der Waals surface area contributed by atoms with E-state index in [0.717, 1.165) is 143 Å².